The Morgan fingerprint density at radius 3 is 1.18 bits per heavy atom. The lowest BCUT2D eigenvalue weighted by Gasteiger charge is -2.43. The summed E-state index contributed by atoms with van der Waals surface area (Å²) in [6.07, 6.45) is 0. The van der Waals surface area contributed by atoms with Crippen molar-refractivity contribution in [2.75, 3.05) is 0 Å². The summed E-state index contributed by atoms with van der Waals surface area (Å²) < 4.78 is 12.4. The van der Waals surface area contributed by atoms with E-state index in [0.717, 1.165) is 44.5 Å². The zero-order valence-corrected chi connectivity index (χ0v) is 24.4. The minimum absolute atomic E-state index is 0.471. The van der Waals surface area contributed by atoms with Crippen LogP contribution in [-0.2, 0) is 20.4 Å². The fraction of sp³-hybridized carbons (Fsp3) is 0.278. The normalized spacial score (nSPS) is 21.2. The van der Waals surface area contributed by atoms with Crippen molar-refractivity contribution in [1.82, 2.24) is 0 Å². The number of hydrogen-bond donors (Lipinski definition) is 0. The maximum absolute atomic E-state index is 14.8. The smallest absolute Gasteiger partial charge is 0.328 e. The largest absolute Gasteiger partial charge is 0.425 e. The number of benzene rings is 4. The number of esters is 2. The minimum Gasteiger partial charge on any atom is -0.425 e. The summed E-state index contributed by atoms with van der Waals surface area (Å²) in [6, 6.07) is 20.1. The highest BCUT2D eigenvalue weighted by Crippen LogP contribution is 2.63. The highest BCUT2D eigenvalue weighted by atomic mass is 16.6. The Morgan fingerprint density at radius 1 is 0.450 bits per heavy atom. The van der Waals surface area contributed by atoms with Gasteiger partial charge in [-0.15, -0.1) is 0 Å². The molecule has 40 heavy (non-hydrogen) atoms. The molecule has 2 unspecified atom stereocenters. The first-order chi connectivity index (χ1) is 18.9. The van der Waals surface area contributed by atoms with E-state index in [0.29, 0.717) is 33.8 Å². The summed E-state index contributed by atoms with van der Waals surface area (Å²) in [7, 11) is 0. The second-order valence-electron chi connectivity index (χ2n) is 11.8. The highest BCUT2D eigenvalue weighted by molar-refractivity contribution is 6.09. The maximum atomic E-state index is 14.8. The molecule has 4 nitrogen and oxygen atoms in total. The molecule has 0 fully saturated rings. The molecule has 0 aromatic heterocycles. The first-order valence-corrected chi connectivity index (χ1v) is 13.8. The molecule has 4 aromatic carbocycles. The van der Waals surface area contributed by atoms with Gasteiger partial charge in [-0.05, 0) is 99.9 Å². The van der Waals surface area contributed by atoms with Gasteiger partial charge in [0.2, 0.25) is 0 Å². The third-order valence-electron chi connectivity index (χ3n) is 9.09. The van der Waals surface area contributed by atoms with Crippen LogP contribution in [0.1, 0.15) is 66.8 Å². The molecule has 2 aliphatic rings. The summed E-state index contributed by atoms with van der Waals surface area (Å²) in [6.45, 7) is 16.1. The molecule has 0 aliphatic carbocycles. The standard InChI is InChI=1S/C36H34O4/c1-19-13-25(7)31-29(15-19)35(33(37)39-31,27-11-9-21(3)23(5)17-27)36(28-12-10-22(4)24(6)18-28)30-16-20(2)14-26(8)32(30)40-34(36)38/h9-18H,1-8H3. The second-order valence-corrected chi connectivity index (χ2v) is 11.8. The minimum atomic E-state index is -1.53. The first kappa shape index (κ1) is 26.1. The predicted octanol–water partition coefficient (Wildman–Crippen LogP) is 7.26. The molecule has 2 heterocycles. The Hall–Kier alpha value is -4.18. The van der Waals surface area contributed by atoms with E-state index >= 15 is 0 Å². The van der Waals surface area contributed by atoms with Crippen LogP contribution in [0.2, 0.25) is 0 Å². The summed E-state index contributed by atoms with van der Waals surface area (Å²) in [5.41, 5.74) is 7.74. The molecular formula is C36H34O4. The molecule has 4 heteroatoms. The van der Waals surface area contributed by atoms with Gasteiger partial charge in [0, 0.05) is 11.1 Å². The van der Waals surface area contributed by atoms with Crippen LogP contribution >= 0.6 is 0 Å². The number of ether oxygens (including phenoxy) is 2. The van der Waals surface area contributed by atoms with Crippen molar-refractivity contribution in [3.05, 3.63) is 127 Å². The number of fused-ring (bicyclic) bond motifs is 2. The quantitative estimate of drug-likeness (QED) is 0.207. The number of hydrogen-bond acceptors (Lipinski definition) is 4. The van der Waals surface area contributed by atoms with Crippen LogP contribution in [0, 0.1) is 55.4 Å². The zero-order chi connectivity index (χ0) is 28.7. The van der Waals surface area contributed by atoms with Crippen LogP contribution in [0.25, 0.3) is 0 Å². The van der Waals surface area contributed by atoms with Crippen molar-refractivity contribution in [3.63, 3.8) is 0 Å². The first-order valence-electron chi connectivity index (χ1n) is 13.8. The van der Waals surface area contributed by atoms with Crippen molar-refractivity contribution in [3.8, 4) is 11.5 Å². The van der Waals surface area contributed by atoms with E-state index in [1.807, 2.05) is 116 Å². The van der Waals surface area contributed by atoms with Gasteiger partial charge in [-0.2, -0.15) is 0 Å². The average Bonchev–Trinajstić information content (AvgIpc) is 3.35. The van der Waals surface area contributed by atoms with Crippen LogP contribution in [0.4, 0.5) is 0 Å². The van der Waals surface area contributed by atoms with E-state index in [4.69, 9.17) is 9.47 Å². The summed E-state index contributed by atoms with van der Waals surface area (Å²) in [5, 5.41) is 0. The molecule has 6 rings (SSSR count). The molecule has 2 atom stereocenters. The van der Waals surface area contributed by atoms with Gasteiger partial charge in [0.25, 0.3) is 0 Å². The molecule has 0 saturated carbocycles. The third-order valence-corrected chi connectivity index (χ3v) is 9.09. The molecular weight excluding hydrogens is 496 g/mol. The molecule has 0 amide bonds. The molecule has 0 bridgehead atoms. The van der Waals surface area contributed by atoms with Gasteiger partial charge < -0.3 is 9.47 Å². The molecule has 4 aromatic rings. The van der Waals surface area contributed by atoms with E-state index in [1.54, 1.807) is 0 Å². The number of carbonyl (C=O) groups is 2. The lowest BCUT2D eigenvalue weighted by atomic mass is 9.52. The molecule has 2 aliphatic heterocycles. The average molecular weight is 531 g/mol. The van der Waals surface area contributed by atoms with Crippen LogP contribution in [-0.4, -0.2) is 11.9 Å². The van der Waals surface area contributed by atoms with Gasteiger partial charge >= 0.3 is 11.9 Å². The summed E-state index contributed by atoms with van der Waals surface area (Å²) in [5.74, 6) is 0.0913. The van der Waals surface area contributed by atoms with E-state index < -0.39 is 22.8 Å². The van der Waals surface area contributed by atoms with E-state index in [9.17, 15) is 9.59 Å². The molecule has 0 saturated heterocycles. The van der Waals surface area contributed by atoms with E-state index in [-0.39, 0.29) is 0 Å². The molecule has 202 valence electrons. The summed E-state index contributed by atoms with van der Waals surface area (Å²) in [4.78, 5) is 29.7. The van der Waals surface area contributed by atoms with E-state index in [2.05, 4.69) is 0 Å². The molecule has 0 radical (unpaired) electrons. The van der Waals surface area contributed by atoms with Crippen molar-refractivity contribution < 1.29 is 19.1 Å². The SMILES string of the molecule is Cc1cc(C)c2c(c1)C(c1ccc(C)c(C)c1)(C1(c3ccc(C)c(C)c3)C(=O)Oc3c(C)cc(C)cc31)C(=O)O2. The van der Waals surface area contributed by atoms with Crippen molar-refractivity contribution in [2.45, 2.75) is 66.2 Å². The number of aryl methyl sites for hydroxylation is 8. The lowest BCUT2D eigenvalue weighted by Crippen LogP contribution is -2.58. The third kappa shape index (κ3) is 3.19. The van der Waals surface area contributed by atoms with Gasteiger partial charge in [0.15, 0.2) is 0 Å². The fourth-order valence-corrected chi connectivity index (χ4v) is 6.93. The number of carbonyl (C=O) groups excluding carboxylic acids is 2. The topological polar surface area (TPSA) is 52.6 Å². The Balaban J connectivity index is 1.90. The lowest BCUT2D eigenvalue weighted by molar-refractivity contribution is -0.147. The van der Waals surface area contributed by atoms with Crippen molar-refractivity contribution >= 4 is 11.9 Å². The Kier molecular flexibility index (Phi) is 5.64. The highest BCUT2D eigenvalue weighted by Gasteiger charge is 2.72. The van der Waals surface area contributed by atoms with Gasteiger partial charge in [-0.1, -0.05) is 71.8 Å². The van der Waals surface area contributed by atoms with Crippen molar-refractivity contribution in [2.24, 2.45) is 0 Å². The van der Waals surface area contributed by atoms with Crippen LogP contribution in [0.15, 0.2) is 60.7 Å². The second kappa shape index (κ2) is 8.66. The van der Waals surface area contributed by atoms with Crippen LogP contribution in [0.5, 0.6) is 11.5 Å². The van der Waals surface area contributed by atoms with Gasteiger partial charge in [-0.25, -0.2) is 0 Å². The number of rotatable bonds is 3. The molecule has 0 N–H and O–H groups in total. The Morgan fingerprint density at radius 2 is 0.825 bits per heavy atom. The van der Waals surface area contributed by atoms with Crippen LogP contribution < -0.4 is 9.47 Å². The molecule has 0 spiro atoms. The monoisotopic (exact) mass is 530 g/mol. The summed E-state index contributed by atoms with van der Waals surface area (Å²) >= 11 is 0. The van der Waals surface area contributed by atoms with Gasteiger partial charge in [0.1, 0.15) is 22.3 Å². The Labute approximate surface area is 236 Å². The van der Waals surface area contributed by atoms with Gasteiger partial charge in [-0.3, -0.25) is 9.59 Å². The maximum Gasteiger partial charge on any atom is 0.328 e. The predicted molar refractivity (Wildman–Crippen MR) is 156 cm³/mol. The Bertz CT molecular complexity index is 1650. The van der Waals surface area contributed by atoms with Gasteiger partial charge in [0.05, 0.1) is 0 Å². The zero-order valence-electron chi connectivity index (χ0n) is 24.4. The van der Waals surface area contributed by atoms with E-state index in [1.165, 1.54) is 0 Å². The van der Waals surface area contributed by atoms with Crippen LogP contribution in [0.3, 0.4) is 0 Å². The fourth-order valence-electron chi connectivity index (χ4n) is 6.93. The van der Waals surface area contributed by atoms with Crippen molar-refractivity contribution in [1.29, 1.82) is 0 Å².